The summed E-state index contributed by atoms with van der Waals surface area (Å²) in [6.45, 7) is 2.05. The lowest BCUT2D eigenvalue weighted by Gasteiger charge is -2.14. The van der Waals surface area contributed by atoms with E-state index in [1.165, 1.54) is 18.4 Å². The maximum atomic E-state index is 13.1. The topological polar surface area (TPSA) is 62.6 Å². The minimum absolute atomic E-state index is 0.0539. The van der Waals surface area contributed by atoms with E-state index in [1.54, 1.807) is 6.07 Å². The van der Waals surface area contributed by atoms with Gasteiger partial charge in [-0.15, -0.1) is 0 Å². The molecule has 7 heteroatoms. The molecule has 114 valence electrons. The van der Waals surface area contributed by atoms with Crippen molar-refractivity contribution in [2.75, 3.05) is 19.3 Å². The van der Waals surface area contributed by atoms with Gasteiger partial charge in [0.2, 0.25) is 10.0 Å². The Morgan fingerprint density at radius 3 is 3.00 bits per heavy atom. The van der Waals surface area contributed by atoms with Crippen molar-refractivity contribution in [1.82, 2.24) is 9.62 Å². The molecule has 0 aliphatic carbocycles. The molecule has 0 spiro atoms. The normalized spacial score (nSPS) is 20.4. The van der Waals surface area contributed by atoms with Crippen LogP contribution >= 0.6 is 0 Å². The van der Waals surface area contributed by atoms with Gasteiger partial charge in [0, 0.05) is 24.5 Å². The van der Waals surface area contributed by atoms with Gasteiger partial charge < -0.3 is 4.42 Å². The SMILES string of the molecule is CS(=O)(=O)N[C@@H]1CCN(Cc2cc3cc(F)ccc3o2)C1. The minimum Gasteiger partial charge on any atom is -0.460 e. The van der Waals surface area contributed by atoms with E-state index < -0.39 is 10.0 Å². The van der Waals surface area contributed by atoms with E-state index >= 15 is 0 Å². The van der Waals surface area contributed by atoms with E-state index in [2.05, 4.69) is 9.62 Å². The second-order valence-corrected chi connectivity index (χ2v) is 7.29. The summed E-state index contributed by atoms with van der Waals surface area (Å²) >= 11 is 0. The highest BCUT2D eigenvalue weighted by Crippen LogP contribution is 2.22. The quantitative estimate of drug-likeness (QED) is 0.933. The van der Waals surface area contributed by atoms with Crippen molar-refractivity contribution in [3.8, 4) is 0 Å². The zero-order valence-corrected chi connectivity index (χ0v) is 12.5. The van der Waals surface area contributed by atoms with Crippen LogP contribution in [0.5, 0.6) is 0 Å². The second-order valence-electron chi connectivity index (χ2n) is 5.51. The van der Waals surface area contributed by atoms with Gasteiger partial charge in [-0.25, -0.2) is 17.5 Å². The van der Waals surface area contributed by atoms with Crippen LogP contribution in [0, 0.1) is 5.82 Å². The zero-order chi connectivity index (χ0) is 15.0. The third-order valence-corrected chi connectivity index (χ3v) is 4.32. The molecule has 3 rings (SSSR count). The van der Waals surface area contributed by atoms with Gasteiger partial charge in [0.15, 0.2) is 0 Å². The van der Waals surface area contributed by atoms with Crippen LogP contribution in [-0.4, -0.2) is 38.7 Å². The zero-order valence-electron chi connectivity index (χ0n) is 11.7. The molecule has 5 nitrogen and oxygen atoms in total. The van der Waals surface area contributed by atoms with E-state index in [0.717, 1.165) is 24.1 Å². The third kappa shape index (κ3) is 3.61. The fourth-order valence-electron chi connectivity index (χ4n) is 2.74. The van der Waals surface area contributed by atoms with Crippen molar-refractivity contribution < 1.29 is 17.2 Å². The van der Waals surface area contributed by atoms with Gasteiger partial charge in [0.25, 0.3) is 0 Å². The van der Waals surface area contributed by atoms with Crippen molar-refractivity contribution >= 4 is 21.0 Å². The Hall–Kier alpha value is -1.44. The maximum Gasteiger partial charge on any atom is 0.208 e. The largest absolute Gasteiger partial charge is 0.460 e. The molecule has 1 aliphatic rings. The fraction of sp³-hybridized carbons (Fsp3) is 0.429. The van der Waals surface area contributed by atoms with Crippen LogP contribution in [0.1, 0.15) is 12.2 Å². The van der Waals surface area contributed by atoms with Crippen LogP contribution in [0.4, 0.5) is 4.39 Å². The molecule has 1 aliphatic heterocycles. The summed E-state index contributed by atoms with van der Waals surface area (Å²) in [6, 6.07) is 6.21. The summed E-state index contributed by atoms with van der Waals surface area (Å²) in [5.41, 5.74) is 0.663. The van der Waals surface area contributed by atoms with Gasteiger partial charge >= 0.3 is 0 Å². The lowest BCUT2D eigenvalue weighted by atomic mass is 10.2. The molecule has 1 N–H and O–H groups in total. The first-order chi connectivity index (χ1) is 9.89. The van der Waals surface area contributed by atoms with Crippen molar-refractivity contribution in [3.63, 3.8) is 0 Å². The van der Waals surface area contributed by atoms with E-state index in [1.807, 2.05) is 6.07 Å². The van der Waals surface area contributed by atoms with Crippen LogP contribution in [0.15, 0.2) is 28.7 Å². The number of halogens is 1. The number of fused-ring (bicyclic) bond motifs is 1. The molecule has 2 aromatic rings. The number of nitrogens with zero attached hydrogens (tertiary/aromatic N) is 1. The van der Waals surface area contributed by atoms with Gasteiger partial charge in [0.1, 0.15) is 17.2 Å². The Morgan fingerprint density at radius 2 is 2.24 bits per heavy atom. The molecule has 2 heterocycles. The molecular formula is C14H17FN2O3S. The number of likely N-dealkylation sites (tertiary alicyclic amines) is 1. The summed E-state index contributed by atoms with van der Waals surface area (Å²) < 4.78 is 43.9. The van der Waals surface area contributed by atoms with Crippen LogP contribution in [0.2, 0.25) is 0 Å². The number of sulfonamides is 1. The van der Waals surface area contributed by atoms with Gasteiger partial charge in [-0.2, -0.15) is 0 Å². The van der Waals surface area contributed by atoms with Crippen LogP contribution in [-0.2, 0) is 16.6 Å². The van der Waals surface area contributed by atoms with Crippen molar-refractivity contribution in [2.24, 2.45) is 0 Å². The minimum atomic E-state index is -3.17. The van der Waals surface area contributed by atoms with Crippen LogP contribution in [0.3, 0.4) is 0 Å². The van der Waals surface area contributed by atoms with E-state index in [4.69, 9.17) is 4.42 Å². The van der Waals surface area contributed by atoms with Gasteiger partial charge in [0.05, 0.1) is 12.8 Å². The van der Waals surface area contributed by atoms with E-state index in [0.29, 0.717) is 18.7 Å². The molecule has 21 heavy (non-hydrogen) atoms. The predicted octanol–water partition coefficient (Wildman–Crippen LogP) is 1.70. The first-order valence-electron chi connectivity index (χ1n) is 6.77. The number of furan rings is 1. The summed E-state index contributed by atoms with van der Waals surface area (Å²) in [7, 11) is -3.17. The molecule has 0 unspecified atom stereocenters. The summed E-state index contributed by atoms with van der Waals surface area (Å²) in [5, 5.41) is 0.745. The van der Waals surface area contributed by atoms with Gasteiger partial charge in [-0.05, 0) is 30.7 Å². The second kappa shape index (κ2) is 5.40. The monoisotopic (exact) mass is 312 g/mol. The summed E-state index contributed by atoms with van der Waals surface area (Å²) in [4.78, 5) is 2.12. The predicted molar refractivity (Wildman–Crippen MR) is 77.8 cm³/mol. The molecular weight excluding hydrogens is 295 g/mol. The Kier molecular flexibility index (Phi) is 3.73. The highest BCUT2D eigenvalue weighted by molar-refractivity contribution is 7.88. The van der Waals surface area contributed by atoms with Crippen molar-refractivity contribution in [3.05, 3.63) is 35.8 Å². The average Bonchev–Trinajstić information content (AvgIpc) is 2.93. The van der Waals surface area contributed by atoms with E-state index in [-0.39, 0.29) is 11.9 Å². The molecule has 0 radical (unpaired) electrons. The molecule has 1 fully saturated rings. The Morgan fingerprint density at radius 1 is 1.43 bits per heavy atom. The smallest absolute Gasteiger partial charge is 0.208 e. The molecule has 0 saturated carbocycles. The van der Waals surface area contributed by atoms with Crippen molar-refractivity contribution in [1.29, 1.82) is 0 Å². The van der Waals surface area contributed by atoms with Crippen molar-refractivity contribution in [2.45, 2.75) is 19.0 Å². The molecule has 1 saturated heterocycles. The Labute approximate surface area is 122 Å². The number of benzene rings is 1. The number of hydrogen-bond donors (Lipinski definition) is 1. The number of hydrogen-bond acceptors (Lipinski definition) is 4. The molecule has 1 aromatic carbocycles. The molecule has 1 aromatic heterocycles. The highest BCUT2D eigenvalue weighted by atomic mass is 32.2. The summed E-state index contributed by atoms with van der Waals surface area (Å²) in [6.07, 6.45) is 1.95. The van der Waals surface area contributed by atoms with Gasteiger partial charge in [-0.1, -0.05) is 0 Å². The lowest BCUT2D eigenvalue weighted by Crippen LogP contribution is -2.36. The number of nitrogens with one attached hydrogen (secondary N) is 1. The summed E-state index contributed by atoms with van der Waals surface area (Å²) in [5.74, 6) is 0.476. The molecule has 1 atom stereocenters. The lowest BCUT2D eigenvalue weighted by molar-refractivity contribution is 0.297. The Balaban J connectivity index is 1.66. The van der Waals surface area contributed by atoms with Crippen LogP contribution < -0.4 is 4.72 Å². The first kappa shape index (κ1) is 14.5. The Bertz CT molecular complexity index is 757. The van der Waals surface area contributed by atoms with Gasteiger partial charge in [-0.3, -0.25) is 4.90 Å². The maximum absolute atomic E-state index is 13.1. The highest BCUT2D eigenvalue weighted by Gasteiger charge is 2.25. The van der Waals surface area contributed by atoms with E-state index in [9.17, 15) is 12.8 Å². The average molecular weight is 312 g/mol. The third-order valence-electron chi connectivity index (χ3n) is 3.56. The first-order valence-corrected chi connectivity index (χ1v) is 8.66. The standard InChI is InChI=1S/C14H17FN2O3S/c1-21(18,19)16-12-4-5-17(8-12)9-13-7-10-6-11(15)2-3-14(10)20-13/h2-3,6-7,12,16H,4-5,8-9H2,1H3/t12-/m1/s1. The molecule has 0 bridgehead atoms. The molecule has 0 amide bonds. The number of rotatable bonds is 4. The van der Waals surface area contributed by atoms with Crippen LogP contribution in [0.25, 0.3) is 11.0 Å². The fourth-order valence-corrected chi connectivity index (χ4v) is 3.54.